The second kappa shape index (κ2) is 6.54. The van der Waals surface area contributed by atoms with Crippen molar-refractivity contribution in [3.8, 4) is 5.75 Å². The fourth-order valence-electron chi connectivity index (χ4n) is 2.08. The summed E-state index contributed by atoms with van der Waals surface area (Å²) in [7, 11) is 1.70. The van der Waals surface area contributed by atoms with Gasteiger partial charge >= 0.3 is 0 Å². The van der Waals surface area contributed by atoms with E-state index in [4.69, 9.17) is 4.74 Å². The minimum absolute atomic E-state index is 0.538. The minimum atomic E-state index is 0.538. The van der Waals surface area contributed by atoms with Crippen molar-refractivity contribution < 1.29 is 4.74 Å². The molecular formula is C14H23NO. The molecule has 1 aromatic rings. The molecule has 0 fully saturated rings. The first-order valence-electron chi connectivity index (χ1n) is 6.10. The average Bonchev–Trinajstić information content (AvgIpc) is 2.35. The topological polar surface area (TPSA) is 21.3 Å². The van der Waals surface area contributed by atoms with Crippen molar-refractivity contribution in [2.75, 3.05) is 13.7 Å². The van der Waals surface area contributed by atoms with Crippen molar-refractivity contribution in [1.29, 1.82) is 0 Å². The Kier molecular flexibility index (Phi) is 5.33. The van der Waals surface area contributed by atoms with E-state index in [0.29, 0.717) is 12.0 Å². The van der Waals surface area contributed by atoms with Crippen LogP contribution in [0.15, 0.2) is 24.3 Å². The maximum Gasteiger partial charge on any atom is 0.118 e. The fourth-order valence-corrected chi connectivity index (χ4v) is 2.08. The van der Waals surface area contributed by atoms with Crippen molar-refractivity contribution in [3.63, 3.8) is 0 Å². The molecule has 0 aromatic heterocycles. The van der Waals surface area contributed by atoms with Crippen molar-refractivity contribution >= 4 is 0 Å². The second-order valence-electron chi connectivity index (χ2n) is 4.13. The highest BCUT2D eigenvalue weighted by Gasteiger charge is 2.15. The van der Waals surface area contributed by atoms with E-state index >= 15 is 0 Å². The normalized spacial score (nSPS) is 14.5. The number of hydrogen-bond donors (Lipinski definition) is 1. The Labute approximate surface area is 99.0 Å². The number of benzene rings is 1. The lowest BCUT2D eigenvalue weighted by atomic mass is 9.91. The Morgan fingerprint density at radius 1 is 1.19 bits per heavy atom. The van der Waals surface area contributed by atoms with Crippen LogP contribution >= 0.6 is 0 Å². The molecule has 2 atom stereocenters. The van der Waals surface area contributed by atoms with Crippen molar-refractivity contribution in [2.45, 2.75) is 39.2 Å². The van der Waals surface area contributed by atoms with Gasteiger partial charge in [0.1, 0.15) is 5.75 Å². The number of methoxy groups -OCH3 is 1. The van der Waals surface area contributed by atoms with Crippen LogP contribution in [-0.2, 0) is 0 Å². The third-order valence-corrected chi connectivity index (χ3v) is 3.15. The van der Waals surface area contributed by atoms with Gasteiger partial charge in [-0.3, -0.25) is 0 Å². The molecule has 0 aliphatic carbocycles. The summed E-state index contributed by atoms with van der Waals surface area (Å²) in [6, 6.07) is 8.93. The first-order chi connectivity index (χ1) is 7.72. The molecule has 0 amide bonds. The molecule has 90 valence electrons. The molecule has 1 rings (SSSR count). The summed E-state index contributed by atoms with van der Waals surface area (Å²) >= 11 is 0. The summed E-state index contributed by atoms with van der Waals surface area (Å²) in [6.45, 7) is 7.69. The maximum atomic E-state index is 5.17. The molecule has 2 heteroatoms. The largest absolute Gasteiger partial charge is 0.497 e. The molecule has 0 spiro atoms. The highest BCUT2D eigenvalue weighted by molar-refractivity contribution is 5.29. The van der Waals surface area contributed by atoms with E-state index < -0.39 is 0 Å². The summed E-state index contributed by atoms with van der Waals surface area (Å²) in [5.41, 5.74) is 1.37. The highest BCUT2D eigenvalue weighted by atomic mass is 16.5. The third-order valence-electron chi connectivity index (χ3n) is 3.15. The van der Waals surface area contributed by atoms with Crippen LogP contribution in [0, 0.1) is 0 Å². The molecule has 1 aromatic carbocycles. The van der Waals surface area contributed by atoms with E-state index in [2.05, 4.69) is 38.2 Å². The summed E-state index contributed by atoms with van der Waals surface area (Å²) in [5.74, 6) is 1.46. The van der Waals surface area contributed by atoms with E-state index in [0.717, 1.165) is 18.7 Å². The van der Waals surface area contributed by atoms with Crippen LogP contribution in [0.2, 0.25) is 0 Å². The van der Waals surface area contributed by atoms with Gasteiger partial charge in [-0.15, -0.1) is 0 Å². The van der Waals surface area contributed by atoms with E-state index in [1.165, 1.54) is 5.56 Å². The number of hydrogen-bond acceptors (Lipinski definition) is 2. The number of ether oxygens (including phenoxy) is 1. The summed E-state index contributed by atoms with van der Waals surface area (Å²) < 4.78 is 5.17. The average molecular weight is 221 g/mol. The van der Waals surface area contributed by atoms with E-state index in [1.807, 2.05) is 12.1 Å². The Morgan fingerprint density at radius 3 is 2.25 bits per heavy atom. The molecule has 2 nitrogen and oxygen atoms in total. The molecule has 0 aliphatic rings. The lowest BCUT2D eigenvalue weighted by Gasteiger charge is -2.24. The zero-order chi connectivity index (χ0) is 12.0. The molecule has 0 saturated carbocycles. The Morgan fingerprint density at radius 2 is 1.81 bits per heavy atom. The molecule has 0 bridgehead atoms. The van der Waals surface area contributed by atoms with E-state index in [1.54, 1.807) is 7.11 Å². The van der Waals surface area contributed by atoms with Gasteiger partial charge < -0.3 is 10.1 Å². The van der Waals surface area contributed by atoms with E-state index in [-0.39, 0.29) is 0 Å². The lowest BCUT2D eigenvalue weighted by Crippen LogP contribution is -2.32. The van der Waals surface area contributed by atoms with Crippen LogP contribution < -0.4 is 10.1 Å². The number of rotatable bonds is 6. The Hall–Kier alpha value is -1.02. The first kappa shape index (κ1) is 13.0. The standard InChI is InChI=1S/C14H23NO/c1-5-14(15-6-2)11(3)12-7-9-13(16-4)10-8-12/h7-11,14-15H,5-6H2,1-4H3. The van der Waals surface area contributed by atoms with Crippen LogP contribution in [0.3, 0.4) is 0 Å². The maximum absolute atomic E-state index is 5.17. The zero-order valence-corrected chi connectivity index (χ0v) is 10.8. The van der Waals surface area contributed by atoms with Crippen LogP contribution in [-0.4, -0.2) is 19.7 Å². The van der Waals surface area contributed by atoms with Gasteiger partial charge in [-0.25, -0.2) is 0 Å². The van der Waals surface area contributed by atoms with Crippen LogP contribution in [0.1, 0.15) is 38.7 Å². The zero-order valence-electron chi connectivity index (χ0n) is 10.8. The summed E-state index contributed by atoms with van der Waals surface area (Å²) in [6.07, 6.45) is 1.15. The van der Waals surface area contributed by atoms with Gasteiger partial charge in [0.25, 0.3) is 0 Å². The van der Waals surface area contributed by atoms with Crippen LogP contribution in [0.25, 0.3) is 0 Å². The molecule has 16 heavy (non-hydrogen) atoms. The van der Waals surface area contributed by atoms with Crippen molar-refractivity contribution in [3.05, 3.63) is 29.8 Å². The molecule has 0 aliphatic heterocycles. The number of nitrogens with one attached hydrogen (secondary N) is 1. The minimum Gasteiger partial charge on any atom is -0.497 e. The van der Waals surface area contributed by atoms with Gasteiger partial charge in [0.2, 0.25) is 0 Å². The first-order valence-corrected chi connectivity index (χ1v) is 6.10. The van der Waals surface area contributed by atoms with Gasteiger partial charge in [-0.2, -0.15) is 0 Å². The van der Waals surface area contributed by atoms with Gasteiger partial charge in [0.05, 0.1) is 7.11 Å². The predicted molar refractivity (Wildman–Crippen MR) is 69.2 cm³/mol. The fraction of sp³-hybridized carbons (Fsp3) is 0.571. The van der Waals surface area contributed by atoms with Crippen LogP contribution in [0.5, 0.6) is 5.75 Å². The van der Waals surface area contributed by atoms with E-state index in [9.17, 15) is 0 Å². The number of likely N-dealkylation sites (N-methyl/N-ethyl adjacent to an activating group) is 1. The van der Waals surface area contributed by atoms with Crippen molar-refractivity contribution in [2.24, 2.45) is 0 Å². The van der Waals surface area contributed by atoms with Gasteiger partial charge in [0, 0.05) is 6.04 Å². The third kappa shape index (κ3) is 3.24. The van der Waals surface area contributed by atoms with Gasteiger partial charge in [-0.05, 0) is 36.6 Å². The monoisotopic (exact) mass is 221 g/mol. The molecule has 1 N–H and O–H groups in total. The predicted octanol–water partition coefficient (Wildman–Crippen LogP) is 3.19. The lowest BCUT2D eigenvalue weighted by molar-refractivity contribution is 0.413. The van der Waals surface area contributed by atoms with Gasteiger partial charge in [-0.1, -0.05) is 32.9 Å². The SMILES string of the molecule is CCNC(CC)C(C)c1ccc(OC)cc1. The smallest absolute Gasteiger partial charge is 0.118 e. The molecule has 0 heterocycles. The Bertz CT molecular complexity index is 294. The van der Waals surface area contributed by atoms with Crippen molar-refractivity contribution in [1.82, 2.24) is 5.32 Å². The summed E-state index contributed by atoms with van der Waals surface area (Å²) in [5, 5.41) is 3.53. The molecule has 0 radical (unpaired) electrons. The molecular weight excluding hydrogens is 198 g/mol. The van der Waals surface area contributed by atoms with Crippen LogP contribution in [0.4, 0.5) is 0 Å². The highest BCUT2D eigenvalue weighted by Crippen LogP contribution is 2.23. The second-order valence-corrected chi connectivity index (χ2v) is 4.13. The summed E-state index contributed by atoms with van der Waals surface area (Å²) in [4.78, 5) is 0. The quantitative estimate of drug-likeness (QED) is 0.796. The molecule has 0 saturated heterocycles. The van der Waals surface area contributed by atoms with Gasteiger partial charge in [0.15, 0.2) is 0 Å². The molecule has 2 unspecified atom stereocenters. The Balaban J connectivity index is 2.73.